The molecule has 1 saturated heterocycles. The Morgan fingerprint density at radius 3 is 2.50 bits per heavy atom. The Morgan fingerprint density at radius 1 is 1.14 bits per heavy atom. The third-order valence-electron chi connectivity index (χ3n) is 5.11. The number of nitrogens with zero attached hydrogens (tertiary/aromatic N) is 1. The van der Waals surface area contributed by atoms with E-state index in [0.29, 0.717) is 6.54 Å². The highest BCUT2D eigenvalue weighted by Gasteiger charge is 2.49. The van der Waals surface area contributed by atoms with Crippen molar-refractivity contribution in [1.82, 2.24) is 10.2 Å². The van der Waals surface area contributed by atoms with Crippen LogP contribution in [0.15, 0.2) is 30.3 Å². The van der Waals surface area contributed by atoms with Gasteiger partial charge in [0.05, 0.1) is 5.54 Å². The topological polar surface area (TPSA) is 52.6 Å². The van der Waals surface area contributed by atoms with Crippen molar-refractivity contribution in [2.24, 2.45) is 0 Å². The molecule has 1 atom stereocenters. The third-order valence-corrected chi connectivity index (χ3v) is 5.11. The van der Waals surface area contributed by atoms with E-state index < -0.39 is 11.8 Å². The van der Waals surface area contributed by atoms with Crippen LogP contribution in [-0.2, 0) is 6.42 Å². The minimum Gasteiger partial charge on any atom is -0.371 e. The second-order valence-corrected chi connectivity index (χ2v) is 6.66. The van der Waals surface area contributed by atoms with Gasteiger partial charge in [0.25, 0.3) is 0 Å². The number of hydrogen-bond donors (Lipinski definition) is 2. The largest absolute Gasteiger partial charge is 0.371 e. The number of benzene rings is 1. The van der Waals surface area contributed by atoms with E-state index in [-0.39, 0.29) is 6.03 Å². The van der Waals surface area contributed by atoms with E-state index in [0.717, 1.165) is 38.5 Å². The van der Waals surface area contributed by atoms with Gasteiger partial charge in [0.1, 0.15) is 0 Å². The van der Waals surface area contributed by atoms with Crippen molar-refractivity contribution < 1.29 is 9.90 Å². The summed E-state index contributed by atoms with van der Waals surface area (Å²) < 4.78 is 0. The molecule has 4 nitrogen and oxygen atoms in total. The first-order valence-corrected chi connectivity index (χ1v) is 8.52. The van der Waals surface area contributed by atoms with E-state index in [4.69, 9.17) is 0 Å². The molecule has 0 radical (unpaired) electrons. The summed E-state index contributed by atoms with van der Waals surface area (Å²) in [5.41, 5.74) is 0.876. The number of aliphatic hydroxyl groups is 1. The van der Waals surface area contributed by atoms with Crippen LogP contribution in [0.1, 0.15) is 50.5 Å². The van der Waals surface area contributed by atoms with Crippen molar-refractivity contribution in [1.29, 1.82) is 0 Å². The monoisotopic (exact) mass is 302 g/mol. The van der Waals surface area contributed by atoms with Gasteiger partial charge >= 0.3 is 6.03 Å². The van der Waals surface area contributed by atoms with Gasteiger partial charge in [0.15, 0.2) is 6.23 Å². The maximum absolute atomic E-state index is 12.3. The smallest absolute Gasteiger partial charge is 0.320 e. The van der Waals surface area contributed by atoms with Crippen molar-refractivity contribution in [2.45, 2.75) is 63.1 Å². The number of amides is 2. The van der Waals surface area contributed by atoms with Gasteiger partial charge in [-0.25, -0.2) is 4.79 Å². The van der Waals surface area contributed by atoms with Crippen LogP contribution < -0.4 is 5.32 Å². The zero-order valence-electron chi connectivity index (χ0n) is 13.1. The molecule has 2 aliphatic rings. The predicted molar refractivity (Wildman–Crippen MR) is 86.4 cm³/mol. The van der Waals surface area contributed by atoms with E-state index in [9.17, 15) is 9.90 Å². The zero-order valence-corrected chi connectivity index (χ0v) is 13.1. The normalized spacial score (nSPS) is 24.3. The summed E-state index contributed by atoms with van der Waals surface area (Å²) in [5, 5.41) is 13.8. The highest BCUT2D eigenvalue weighted by molar-refractivity contribution is 5.78. The average molecular weight is 302 g/mol. The van der Waals surface area contributed by atoms with Gasteiger partial charge in [-0.3, -0.25) is 4.90 Å². The number of aliphatic hydroxyl groups excluding tert-OH is 1. The van der Waals surface area contributed by atoms with Gasteiger partial charge in [-0.2, -0.15) is 0 Å². The van der Waals surface area contributed by atoms with Crippen molar-refractivity contribution in [3.05, 3.63) is 35.9 Å². The molecule has 4 heteroatoms. The molecular formula is C18H26N2O2. The van der Waals surface area contributed by atoms with Gasteiger partial charge in [-0.1, -0.05) is 56.0 Å². The second kappa shape index (κ2) is 6.69. The lowest BCUT2D eigenvalue weighted by Gasteiger charge is -2.32. The Bertz CT molecular complexity index is 495. The molecule has 1 aliphatic carbocycles. The molecule has 1 heterocycles. The number of urea groups is 1. The molecule has 120 valence electrons. The van der Waals surface area contributed by atoms with E-state index in [1.807, 2.05) is 18.2 Å². The lowest BCUT2D eigenvalue weighted by atomic mass is 9.89. The summed E-state index contributed by atoms with van der Waals surface area (Å²) >= 11 is 0. The van der Waals surface area contributed by atoms with Gasteiger partial charge < -0.3 is 10.4 Å². The fourth-order valence-electron chi connectivity index (χ4n) is 3.82. The summed E-state index contributed by atoms with van der Waals surface area (Å²) in [6.45, 7) is 0.615. The SMILES string of the molecule is O=C1NC2(CCCCCC2)C(O)N1CCCc1ccccc1. The number of aryl methyl sites for hydroxylation is 1. The average Bonchev–Trinajstić information content (AvgIpc) is 2.71. The maximum Gasteiger partial charge on any atom is 0.320 e. The number of carbonyl (C=O) groups excluding carboxylic acids is 1. The molecular weight excluding hydrogens is 276 g/mol. The van der Waals surface area contributed by atoms with Crippen LogP contribution in [0.2, 0.25) is 0 Å². The molecule has 0 bridgehead atoms. The fraction of sp³-hybridized carbons (Fsp3) is 0.611. The van der Waals surface area contributed by atoms with Crippen LogP contribution in [-0.4, -0.2) is 34.3 Å². The molecule has 1 aromatic rings. The molecule has 1 aromatic carbocycles. The molecule has 2 N–H and O–H groups in total. The van der Waals surface area contributed by atoms with Gasteiger partial charge in [-0.05, 0) is 31.2 Å². The number of carbonyl (C=O) groups is 1. The minimum atomic E-state index is -0.672. The van der Waals surface area contributed by atoms with Gasteiger partial charge in [0.2, 0.25) is 0 Å². The summed E-state index contributed by atoms with van der Waals surface area (Å²) in [6.07, 6.45) is 7.54. The number of rotatable bonds is 4. The summed E-state index contributed by atoms with van der Waals surface area (Å²) in [4.78, 5) is 13.9. The molecule has 1 unspecified atom stereocenters. The van der Waals surface area contributed by atoms with E-state index in [2.05, 4.69) is 17.4 Å². The van der Waals surface area contributed by atoms with Crippen LogP contribution in [0.25, 0.3) is 0 Å². The number of nitrogens with one attached hydrogen (secondary N) is 1. The molecule has 22 heavy (non-hydrogen) atoms. The Balaban J connectivity index is 1.58. The Hall–Kier alpha value is -1.55. The van der Waals surface area contributed by atoms with Crippen molar-refractivity contribution in [3.8, 4) is 0 Å². The van der Waals surface area contributed by atoms with E-state index in [1.54, 1.807) is 4.90 Å². The maximum atomic E-state index is 12.3. The predicted octanol–water partition coefficient (Wildman–Crippen LogP) is 3.06. The molecule has 1 aliphatic heterocycles. The van der Waals surface area contributed by atoms with Crippen LogP contribution in [0, 0.1) is 0 Å². The van der Waals surface area contributed by atoms with Gasteiger partial charge in [0, 0.05) is 6.54 Å². The standard InChI is InChI=1S/C18H26N2O2/c21-16-18(12-6-1-2-7-13-18)19-17(22)20(16)14-8-11-15-9-4-3-5-10-15/h3-5,9-10,16,21H,1-2,6-8,11-14H2,(H,19,22). The Morgan fingerprint density at radius 2 is 1.82 bits per heavy atom. The van der Waals surface area contributed by atoms with E-state index in [1.165, 1.54) is 18.4 Å². The Kier molecular flexibility index (Phi) is 4.67. The van der Waals surface area contributed by atoms with E-state index >= 15 is 0 Å². The highest BCUT2D eigenvalue weighted by atomic mass is 16.3. The summed E-state index contributed by atoms with van der Waals surface area (Å²) in [5.74, 6) is 0. The second-order valence-electron chi connectivity index (χ2n) is 6.66. The van der Waals surface area contributed by atoms with Crippen LogP contribution in [0.3, 0.4) is 0 Å². The van der Waals surface area contributed by atoms with Gasteiger partial charge in [-0.15, -0.1) is 0 Å². The van der Waals surface area contributed by atoms with Crippen molar-refractivity contribution in [3.63, 3.8) is 0 Å². The molecule has 2 amide bonds. The molecule has 3 rings (SSSR count). The third kappa shape index (κ3) is 3.12. The molecule has 1 spiro atoms. The number of hydrogen-bond acceptors (Lipinski definition) is 2. The fourth-order valence-corrected chi connectivity index (χ4v) is 3.82. The highest BCUT2D eigenvalue weighted by Crippen LogP contribution is 2.35. The van der Waals surface area contributed by atoms with Crippen LogP contribution in [0.4, 0.5) is 4.79 Å². The lowest BCUT2D eigenvalue weighted by Crippen LogP contribution is -2.49. The quantitative estimate of drug-likeness (QED) is 0.898. The van der Waals surface area contributed by atoms with Crippen molar-refractivity contribution in [2.75, 3.05) is 6.54 Å². The first-order chi connectivity index (χ1) is 10.7. The zero-order chi connectivity index (χ0) is 15.4. The lowest BCUT2D eigenvalue weighted by molar-refractivity contribution is -0.00471. The van der Waals surface area contributed by atoms with Crippen LogP contribution in [0.5, 0.6) is 0 Å². The first-order valence-electron chi connectivity index (χ1n) is 8.52. The molecule has 0 aromatic heterocycles. The summed E-state index contributed by atoms with van der Waals surface area (Å²) in [6, 6.07) is 10.2. The first kappa shape index (κ1) is 15.3. The molecule has 2 fully saturated rings. The minimum absolute atomic E-state index is 0.0949. The molecule has 1 saturated carbocycles. The summed E-state index contributed by atoms with van der Waals surface area (Å²) in [7, 11) is 0. The van der Waals surface area contributed by atoms with Crippen molar-refractivity contribution >= 4 is 6.03 Å². The van der Waals surface area contributed by atoms with Crippen LogP contribution >= 0.6 is 0 Å². The Labute approximate surface area is 132 Å².